The molecule has 1 aliphatic rings. The van der Waals surface area contributed by atoms with Gasteiger partial charge in [0, 0.05) is 5.56 Å². The summed E-state index contributed by atoms with van der Waals surface area (Å²) in [5.41, 5.74) is 6.43. The number of hydrogen-bond acceptors (Lipinski definition) is 4. The lowest BCUT2D eigenvalue weighted by molar-refractivity contribution is 0.275. The number of benzene rings is 1. The van der Waals surface area contributed by atoms with Crippen molar-refractivity contribution in [3.05, 3.63) is 35.9 Å². The summed E-state index contributed by atoms with van der Waals surface area (Å²) in [5, 5.41) is 3.98. The molecule has 0 bridgehead atoms. The van der Waals surface area contributed by atoms with Gasteiger partial charge in [0.1, 0.15) is 5.82 Å². The molecule has 1 fully saturated rings. The summed E-state index contributed by atoms with van der Waals surface area (Å²) in [6.07, 6.45) is 5.11. The van der Waals surface area contributed by atoms with E-state index in [0.717, 1.165) is 25.7 Å². The first-order valence-electron chi connectivity index (χ1n) is 6.56. The molecule has 1 saturated carbocycles. The molecule has 0 unspecified atom stereocenters. The van der Waals surface area contributed by atoms with Crippen molar-refractivity contribution >= 4 is 0 Å². The first kappa shape index (κ1) is 12.3. The summed E-state index contributed by atoms with van der Waals surface area (Å²) in [6.45, 7) is 0. The van der Waals surface area contributed by atoms with Gasteiger partial charge in [0.05, 0.1) is 5.54 Å². The van der Waals surface area contributed by atoms with Crippen LogP contribution in [0.1, 0.15) is 37.9 Å². The summed E-state index contributed by atoms with van der Waals surface area (Å²) in [6, 6.07) is 6.12. The topological polar surface area (TPSA) is 64.9 Å². The highest BCUT2D eigenvalue weighted by Crippen LogP contribution is 2.34. The molecule has 4 nitrogen and oxygen atoms in total. The van der Waals surface area contributed by atoms with Crippen molar-refractivity contribution in [1.82, 2.24) is 10.1 Å². The Labute approximate surface area is 110 Å². The molecule has 1 heterocycles. The van der Waals surface area contributed by atoms with E-state index in [1.807, 2.05) is 0 Å². The third-order valence-corrected chi connectivity index (χ3v) is 3.69. The van der Waals surface area contributed by atoms with Gasteiger partial charge in [-0.15, -0.1) is 0 Å². The van der Waals surface area contributed by atoms with Gasteiger partial charge in [-0.2, -0.15) is 4.98 Å². The summed E-state index contributed by atoms with van der Waals surface area (Å²) in [4.78, 5) is 4.35. The van der Waals surface area contributed by atoms with Crippen molar-refractivity contribution < 1.29 is 8.91 Å². The van der Waals surface area contributed by atoms with Gasteiger partial charge in [0.2, 0.25) is 0 Å². The van der Waals surface area contributed by atoms with Crippen LogP contribution in [0.4, 0.5) is 4.39 Å². The number of nitrogens with zero attached hydrogens (tertiary/aromatic N) is 2. The van der Waals surface area contributed by atoms with E-state index < -0.39 is 5.54 Å². The van der Waals surface area contributed by atoms with Crippen LogP contribution < -0.4 is 5.73 Å². The number of nitrogens with two attached hydrogens (primary N) is 1. The molecule has 5 heteroatoms. The van der Waals surface area contributed by atoms with Crippen LogP contribution in [0, 0.1) is 5.82 Å². The SMILES string of the molecule is NC1(c2noc(-c3cccc(F)c3)n2)CCCCC1. The molecule has 2 N–H and O–H groups in total. The van der Waals surface area contributed by atoms with Crippen molar-refractivity contribution in [1.29, 1.82) is 0 Å². The fourth-order valence-corrected chi connectivity index (χ4v) is 2.57. The van der Waals surface area contributed by atoms with Crippen molar-refractivity contribution in [3.63, 3.8) is 0 Å². The maximum atomic E-state index is 13.2. The normalized spacial score (nSPS) is 18.4. The van der Waals surface area contributed by atoms with Crippen LogP contribution in [-0.4, -0.2) is 10.1 Å². The first-order chi connectivity index (χ1) is 9.17. The predicted molar refractivity (Wildman–Crippen MR) is 68.6 cm³/mol. The average Bonchev–Trinajstić information content (AvgIpc) is 2.90. The van der Waals surface area contributed by atoms with Gasteiger partial charge in [-0.1, -0.05) is 30.5 Å². The molecule has 1 aliphatic carbocycles. The van der Waals surface area contributed by atoms with Crippen LogP contribution in [0.2, 0.25) is 0 Å². The fraction of sp³-hybridized carbons (Fsp3) is 0.429. The van der Waals surface area contributed by atoms with E-state index in [9.17, 15) is 4.39 Å². The Hall–Kier alpha value is -1.75. The van der Waals surface area contributed by atoms with Gasteiger partial charge in [0.25, 0.3) is 5.89 Å². The van der Waals surface area contributed by atoms with Crippen molar-refractivity contribution in [2.75, 3.05) is 0 Å². The van der Waals surface area contributed by atoms with E-state index in [0.29, 0.717) is 17.3 Å². The van der Waals surface area contributed by atoms with Gasteiger partial charge in [-0.05, 0) is 31.0 Å². The van der Waals surface area contributed by atoms with E-state index in [1.54, 1.807) is 12.1 Å². The molecule has 0 atom stereocenters. The number of rotatable bonds is 2. The van der Waals surface area contributed by atoms with Crippen LogP contribution in [0.15, 0.2) is 28.8 Å². The van der Waals surface area contributed by atoms with E-state index >= 15 is 0 Å². The minimum atomic E-state index is -0.493. The second-order valence-electron chi connectivity index (χ2n) is 5.15. The summed E-state index contributed by atoms with van der Waals surface area (Å²) in [5.74, 6) is 0.536. The second-order valence-corrected chi connectivity index (χ2v) is 5.15. The molecule has 0 amide bonds. The zero-order chi connectivity index (χ0) is 13.3. The Balaban J connectivity index is 1.91. The predicted octanol–water partition coefficient (Wildman–Crippen LogP) is 2.99. The molecule has 100 valence electrons. The molecule has 0 saturated heterocycles. The second kappa shape index (κ2) is 4.74. The van der Waals surface area contributed by atoms with Gasteiger partial charge in [0.15, 0.2) is 5.82 Å². The average molecular weight is 261 g/mol. The van der Waals surface area contributed by atoms with E-state index in [2.05, 4.69) is 10.1 Å². The van der Waals surface area contributed by atoms with Crippen LogP contribution in [0.5, 0.6) is 0 Å². The molecular weight excluding hydrogens is 245 g/mol. The Kier molecular flexibility index (Phi) is 3.06. The molecule has 0 aliphatic heterocycles. The highest BCUT2D eigenvalue weighted by Gasteiger charge is 2.34. The number of hydrogen-bond donors (Lipinski definition) is 1. The van der Waals surface area contributed by atoms with Gasteiger partial charge in [-0.3, -0.25) is 0 Å². The molecule has 1 aromatic carbocycles. The van der Waals surface area contributed by atoms with Gasteiger partial charge in [-0.25, -0.2) is 4.39 Å². The lowest BCUT2D eigenvalue weighted by atomic mass is 9.82. The molecule has 0 radical (unpaired) electrons. The number of aromatic nitrogens is 2. The lowest BCUT2D eigenvalue weighted by Gasteiger charge is -2.29. The van der Waals surface area contributed by atoms with Crippen molar-refractivity contribution in [2.24, 2.45) is 5.73 Å². The zero-order valence-corrected chi connectivity index (χ0v) is 10.6. The summed E-state index contributed by atoms with van der Waals surface area (Å²) >= 11 is 0. The minimum Gasteiger partial charge on any atom is -0.334 e. The molecular formula is C14H16FN3O. The molecule has 3 rings (SSSR count). The van der Waals surface area contributed by atoms with Gasteiger partial charge >= 0.3 is 0 Å². The molecule has 1 aromatic heterocycles. The smallest absolute Gasteiger partial charge is 0.258 e. The number of halogens is 1. The van der Waals surface area contributed by atoms with Crippen molar-refractivity contribution in [3.8, 4) is 11.5 Å². The first-order valence-corrected chi connectivity index (χ1v) is 6.56. The largest absolute Gasteiger partial charge is 0.334 e. The molecule has 2 aromatic rings. The highest BCUT2D eigenvalue weighted by atomic mass is 19.1. The van der Waals surface area contributed by atoms with E-state index in [4.69, 9.17) is 10.3 Å². The quantitative estimate of drug-likeness (QED) is 0.902. The van der Waals surface area contributed by atoms with E-state index in [-0.39, 0.29) is 5.82 Å². The van der Waals surface area contributed by atoms with Crippen molar-refractivity contribution in [2.45, 2.75) is 37.6 Å². The standard InChI is InChI=1S/C14H16FN3O/c15-11-6-4-5-10(9-11)12-17-13(18-19-12)14(16)7-2-1-3-8-14/h4-6,9H,1-3,7-8,16H2. The Morgan fingerprint density at radius 1 is 1.21 bits per heavy atom. The maximum Gasteiger partial charge on any atom is 0.258 e. The Morgan fingerprint density at radius 3 is 2.74 bits per heavy atom. The summed E-state index contributed by atoms with van der Waals surface area (Å²) < 4.78 is 18.4. The van der Waals surface area contributed by atoms with Crippen LogP contribution in [-0.2, 0) is 5.54 Å². The zero-order valence-electron chi connectivity index (χ0n) is 10.6. The Morgan fingerprint density at radius 2 is 2.00 bits per heavy atom. The molecule has 19 heavy (non-hydrogen) atoms. The maximum absolute atomic E-state index is 13.2. The van der Waals surface area contributed by atoms with Gasteiger partial charge < -0.3 is 10.3 Å². The summed E-state index contributed by atoms with van der Waals surface area (Å²) in [7, 11) is 0. The minimum absolute atomic E-state index is 0.322. The highest BCUT2D eigenvalue weighted by molar-refractivity contribution is 5.52. The van der Waals surface area contributed by atoms with Crippen LogP contribution in [0.3, 0.4) is 0 Å². The third kappa shape index (κ3) is 2.38. The van der Waals surface area contributed by atoms with E-state index in [1.165, 1.54) is 18.6 Å². The molecule has 0 spiro atoms. The monoisotopic (exact) mass is 261 g/mol. The fourth-order valence-electron chi connectivity index (χ4n) is 2.57. The van der Waals surface area contributed by atoms with Crippen LogP contribution in [0.25, 0.3) is 11.5 Å². The lowest BCUT2D eigenvalue weighted by Crippen LogP contribution is -2.39. The van der Waals surface area contributed by atoms with Crippen LogP contribution >= 0.6 is 0 Å². The Bertz CT molecular complexity index is 576. The third-order valence-electron chi connectivity index (χ3n) is 3.69.